The molecule has 2 N–H and O–H groups in total. The summed E-state index contributed by atoms with van der Waals surface area (Å²) in [7, 11) is 0. The van der Waals surface area contributed by atoms with Gasteiger partial charge in [0.25, 0.3) is 0 Å². The normalized spacial score (nSPS) is 23.6. The molecular weight excluding hydrogens is 282 g/mol. The van der Waals surface area contributed by atoms with Crippen LogP contribution in [0.3, 0.4) is 0 Å². The van der Waals surface area contributed by atoms with Crippen molar-refractivity contribution >= 4 is 15.9 Å². The van der Waals surface area contributed by atoms with Crippen molar-refractivity contribution in [3.05, 3.63) is 16.9 Å². The summed E-state index contributed by atoms with van der Waals surface area (Å²) in [4.78, 5) is 0. The number of nitrogens with zero attached hydrogens (tertiary/aromatic N) is 2. The van der Waals surface area contributed by atoms with E-state index in [-0.39, 0.29) is 12.1 Å². The number of aromatic nitrogens is 2. The van der Waals surface area contributed by atoms with Crippen molar-refractivity contribution in [2.75, 3.05) is 6.61 Å². The molecule has 2 aliphatic carbocycles. The molecule has 0 radical (unpaired) electrons. The fourth-order valence-electron chi connectivity index (χ4n) is 2.50. The molecule has 0 bridgehead atoms. The first-order valence-corrected chi connectivity index (χ1v) is 7.08. The first-order valence-electron chi connectivity index (χ1n) is 6.28. The summed E-state index contributed by atoms with van der Waals surface area (Å²) in [6.45, 7) is 0.960. The molecule has 1 unspecified atom stereocenters. The van der Waals surface area contributed by atoms with Gasteiger partial charge in [-0.15, -0.1) is 0 Å². The summed E-state index contributed by atoms with van der Waals surface area (Å²) in [6.07, 6.45) is 8.72. The van der Waals surface area contributed by atoms with Crippen molar-refractivity contribution < 1.29 is 5.11 Å². The van der Waals surface area contributed by atoms with Crippen LogP contribution in [0.2, 0.25) is 0 Å². The molecule has 5 heteroatoms. The Bertz CT molecular complexity index is 400. The average Bonchev–Trinajstić information content (AvgIpc) is 3.19. The third kappa shape index (κ3) is 2.56. The van der Waals surface area contributed by atoms with Crippen LogP contribution in [0.15, 0.2) is 16.9 Å². The van der Waals surface area contributed by atoms with Gasteiger partial charge in [0, 0.05) is 12.2 Å². The minimum Gasteiger partial charge on any atom is -0.394 e. The molecule has 1 aromatic rings. The summed E-state index contributed by atoms with van der Waals surface area (Å²) in [6, 6.07) is 0.613. The van der Waals surface area contributed by atoms with Crippen LogP contribution in [-0.4, -0.2) is 33.1 Å². The van der Waals surface area contributed by atoms with Crippen LogP contribution in [-0.2, 0) is 6.54 Å². The van der Waals surface area contributed by atoms with E-state index in [0.29, 0.717) is 12.0 Å². The lowest BCUT2D eigenvalue weighted by Crippen LogP contribution is -2.54. The molecule has 0 aliphatic heterocycles. The van der Waals surface area contributed by atoms with Crippen molar-refractivity contribution in [1.29, 1.82) is 0 Å². The molecule has 17 heavy (non-hydrogen) atoms. The predicted molar refractivity (Wildman–Crippen MR) is 68.6 cm³/mol. The van der Waals surface area contributed by atoms with Crippen LogP contribution in [0.25, 0.3) is 0 Å². The van der Waals surface area contributed by atoms with Crippen LogP contribution in [0.4, 0.5) is 0 Å². The van der Waals surface area contributed by atoms with Crippen LogP contribution < -0.4 is 5.32 Å². The smallest absolute Gasteiger partial charge is 0.0643 e. The van der Waals surface area contributed by atoms with Gasteiger partial charge in [-0.05, 0) is 47.5 Å². The quantitative estimate of drug-likeness (QED) is 0.838. The molecule has 0 amide bonds. The monoisotopic (exact) mass is 299 g/mol. The maximum atomic E-state index is 9.82. The van der Waals surface area contributed by atoms with Crippen molar-refractivity contribution in [1.82, 2.24) is 15.1 Å². The number of aliphatic hydroxyl groups excluding tert-OH is 1. The topological polar surface area (TPSA) is 50.1 Å². The molecule has 1 aromatic heterocycles. The Hall–Kier alpha value is -0.390. The van der Waals surface area contributed by atoms with Gasteiger partial charge in [0.05, 0.1) is 29.4 Å². The Balaban J connectivity index is 1.76. The van der Waals surface area contributed by atoms with Gasteiger partial charge in [-0.1, -0.05) is 0 Å². The third-order valence-corrected chi connectivity index (χ3v) is 4.17. The van der Waals surface area contributed by atoms with Crippen LogP contribution >= 0.6 is 15.9 Å². The zero-order valence-electron chi connectivity index (χ0n) is 9.77. The van der Waals surface area contributed by atoms with E-state index in [4.69, 9.17) is 0 Å². The molecule has 0 saturated heterocycles. The van der Waals surface area contributed by atoms with Crippen LogP contribution in [0.1, 0.15) is 25.7 Å². The zero-order valence-corrected chi connectivity index (χ0v) is 11.4. The van der Waals surface area contributed by atoms with Crippen LogP contribution in [0, 0.1) is 5.92 Å². The first-order chi connectivity index (χ1) is 8.22. The third-order valence-electron chi connectivity index (χ3n) is 3.76. The molecule has 4 nitrogen and oxygen atoms in total. The second-order valence-corrected chi connectivity index (χ2v) is 6.28. The molecule has 0 aromatic carbocycles. The molecule has 94 valence electrons. The minimum atomic E-state index is -0.160. The Morgan fingerprint density at radius 3 is 2.71 bits per heavy atom. The summed E-state index contributed by atoms with van der Waals surface area (Å²) in [5.74, 6) is 0.607. The van der Waals surface area contributed by atoms with E-state index in [0.717, 1.165) is 11.0 Å². The molecule has 2 aliphatic rings. The lowest BCUT2D eigenvalue weighted by Gasteiger charge is -2.33. The largest absolute Gasteiger partial charge is 0.394 e. The number of hydrogen-bond donors (Lipinski definition) is 2. The highest BCUT2D eigenvalue weighted by atomic mass is 79.9. The number of hydrogen-bond acceptors (Lipinski definition) is 3. The van der Waals surface area contributed by atoms with Gasteiger partial charge in [0.1, 0.15) is 0 Å². The summed E-state index contributed by atoms with van der Waals surface area (Å²) in [5, 5.41) is 17.8. The molecule has 2 fully saturated rings. The maximum Gasteiger partial charge on any atom is 0.0643 e. The average molecular weight is 300 g/mol. The van der Waals surface area contributed by atoms with E-state index in [2.05, 4.69) is 26.3 Å². The van der Waals surface area contributed by atoms with Gasteiger partial charge in [-0.2, -0.15) is 5.10 Å². The predicted octanol–water partition coefficient (Wildman–Crippen LogP) is 1.54. The lowest BCUT2D eigenvalue weighted by molar-refractivity contribution is 0.116. The number of aliphatic hydroxyl groups is 1. The van der Waals surface area contributed by atoms with Gasteiger partial charge in [-0.3, -0.25) is 4.68 Å². The van der Waals surface area contributed by atoms with Crippen molar-refractivity contribution in [3.8, 4) is 0 Å². The molecular formula is C12H18BrN3O. The van der Waals surface area contributed by atoms with Gasteiger partial charge >= 0.3 is 0 Å². The highest BCUT2D eigenvalue weighted by Gasteiger charge is 2.47. The summed E-state index contributed by atoms with van der Waals surface area (Å²) < 4.78 is 2.92. The van der Waals surface area contributed by atoms with E-state index >= 15 is 0 Å². The number of nitrogens with one attached hydrogen (secondary N) is 1. The molecule has 0 spiro atoms. The molecule has 1 heterocycles. The Kier molecular flexibility index (Phi) is 3.00. The maximum absolute atomic E-state index is 9.82. The Labute approximate surface area is 110 Å². The second-order valence-electron chi connectivity index (χ2n) is 5.36. The van der Waals surface area contributed by atoms with E-state index in [1.165, 1.54) is 25.7 Å². The van der Waals surface area contributed by atoms with Gasteiger partial charge < -0.3 is 10.4 Å². The summed E-state index contributed by atoms with van der Waals surface area (Å²) in [5.41, 5.74) is -0.160. The SMILES string of the molecule is OCC(Cn1cc(Br)cn1)(NC1CC1)C1CC1. The standard InChI is InChI=1S/C12H18BrN3O/c13-10-5-14-16(6-10)7-12(8-17,9-1-2-9)15-11-3-4-11/h5-6,9,11,15,17H,1-4,7-8H2. The van der Waals surface area contributed by atoms with Crippen molar-refractivity contribution in [2.45, 2.75) is 43.8 Å². The number of rotatable bonds is 6. The Morgan fingerprint density at radius 2 is 2.24 bits per heavy atom. The van der Waals surface area contributed by atoms with Gasteiger partial charge in [0.2, 0.25) is 0 Å². The molecule has 1 atom stereocenters. The van der Waals surface area contributed by atoms with Crippen LogP contribution in [0.5, 0.6) is 0 Å². The van der Waals surface area contributed by atoms with Gasteiger partial charge in [0.15, 0.2) is 0 Å². The fraction of sp³-hybridized carbons (Fsp3) is 0.750. The van der Waals surface area contributed by atoms with Gasteiger partial charge in [-0.25, -0.2) is 0 Å². The second kappa shape index (κ2) is 4.37. The molecule has 3 rings (SSSR count). The fourth-order valence-corrected chi connectivity index (χ4v) is 2.83. The zero-order chi connectivity index (χ0) is 11.9. The van der Waals surface area contributed by atoms with E-state index in [9.17, 15) is 5.11 Å². The minimum absolute atomic E-state index is 0.160. The first kappa shape index (κ1) is 11.7. The Morgan fingerprint density at radius 1 is 1.47 bits per heavy atom. The number of halogens is 1. The van der Waals surface area contributed by atoms with E-state index in [1.807, 2.05) is 10.9 Å². The van der Waals surface area contributed by atoms with Crippen molar-refractivity contribution in [3.63, 3.8) is 0 Å². The van der Waals surface area contributed by atoms with E-state index in [1.54, 1.807) is 6.20 Å². The summed E-state index contributed by atoms with van der Waals surface area (Å²) >= 11 is 3.41. The molecule has 2 saturated carbocycles. The highest BCUT2D eigenvalue weighted by molar-refractivity contribution is 9.10. The lowest BCUT2D eigenvalue weighted by atomic mass is 9.93. The highest BCUT2D eigenvalue weighted by Crippen LogP contribution is 2.42. The van der Waals surface area contributed by atoms with E-state index < -0.39 is 0 Å². The van der Waals surface area contributed by atoms with Crippen molar-refractivity contribution in [2.24, 2.45) is 5.92 Å².